The smallest absolute Gasteiger partial charge is 0.327 e. The van der Waals surface area contributed by atoms with Gasteiger partial charge in [0.1, 0.15) is 5.54 Å². The molecular weight excluding hydrogens is 228 g/mol. The third-order valence-corrected chi connectivity index (χ3v) is 4.09. The van der Waals surface area contributed by atoms with E-state index in [-0.39, 0.29) is 5.97 Å². The fourth-order valence-electron chi connectivity index (χ4n) is 2.59. The molecule has 104 valence electrons. The molecule has 0 aliphatic heterocycles. The molecule has 1 N–H and O–H groups in total. The van der Waals surface area contributed by atoms with Crippen LogP contribution in [0.25, 0.3) is 0 Å². The van der Waals surface area contributed by atoms with Crippen molar-refractivity contribution < 1.29 is 9.53 Å². The number of likely N-dealkylation sites (N-methyl/N-ethyl adjacent to an activating group) is 1. The standard InChI is InChI=1S/C14H26N2O2/c1-4-18-13(17)14(2,15-11-8-9-11)10-16(3)12-6-5-7-12/h11-12,15H,4-10H2,1-3H3. The highest BCUT2D eigenvalue weighted by atomic mass is 16.5. The number of esters is 1. The second-order valence-corrected chi connectivity index (χ2v) is 5.97. The molecule has 4 nitrogen and oxygen atoms in total. The molecule has 0 amide bonds. The Hall–Kier alpha value is -0.610. The van der Waals surface area contributed by atoms with Crippen LogP contribution in [-0.4, -0.2) is 48.7 Å². The number of hydrogen-bond acceptors (Lipinski definition) is 4. The van der Waals surface area contributed by atoms with Crippen molar-refractivity contribution in [1.82, 2.24) is 10.2 Å². The summed E-state index contributed by atoms with van der Waals surface area (Å²) in [5.74, 6) is -0.108. The number of nitrogens with one attached hydrogen (secondary N) is 1. The summed E-state index contributed by atoms with van der Waals surface area (Å²) < 4.78 is 5.24. The Balaban J connectivity index is 1.95. The van der Waals surface area contributed by atoms with Crippen molar-refractivity contribution in [2.75, 3.05) is 20.2 Å². The van der Waals surface area contributed by atoms with Crippen molar-refractivity contribution in [3.8, 4) is 0 Å². The monoisotopic (exact) mass is 254 g/mol. The molecular formula is C14H26N2O2. The van der Waals surface area contributed by atoms with Gasteiger partial charge in [-0.3, -0.25) is 10.1 Å². The summed E-state index contributed by atoms with van der Waals surface area (Å²) in [5, 5.41) is 3.47. The Labute approximate surface area is 110 Å². The molecule has 2 rings (SSSR count). The van der Waals surface area contributed by atoms with Gasteiger partial charge in [-0.05, 0) is 46.6 Å². The number of hydrogen-bond donors (Lipinski definition) is 1. The molecule has 0 aromatic rings. The van der Waals surface area contributed by atoms with E-state index < -0.39 is 5.54 Å². The molecule has 0 aromatic carbocycles. The Kier molecular flexibility index (Phi) is 4.28. The second-order valence-electron chi connectivity index (χ2n) is 5.97. The van der Waals surface area contributed by atoms with Gasteiger partial charge in [0.15, 0.2) is 0 Å². The van der Waals surface area contributed by atoms with E-state index in [0.29, 0.717) is 18.7 Å². The molecule has 4 heteroatoms. The number of carbonyl (C=O) groups excluding carboxylic acids is 1. The van der Waals surface area contributed by atoms with E-state index in [0.717, 1.165) is 6.54 Å². The largest absolute Gasteiger partial charge is 0.465 e. The molecule has 2 saturated carbocycles. The summed E-state index contributed by atoms with van der Waals surface area (Å²) in [5.41, 5.74) is -0.554. The lowest BCUT2D eigenvalue weighted by molar-refractivity contribution is -0.151. The molecule has 2 aliphatic carbocycles. The lowest BCUT2D eigenvalue weighted by Gasteiger charge is -2.40. The quantitative estimate of drug-likeness (QED) is 0.700. The third-order valence-electron chi connectivity index (χ3n) is 4.09. The van der Waals surface area contributed by atoms with Gasteiger partial charge in [-0.25, -0.2) is 0 Å². The zero-order valence-electron chi connectivity index (χ0n) is 11.9. The first-order valence-corrected chi connectivity index (χ1v) is 7.20. The van der Waals surface area contributed by atoms with E-state index >= 15 is 0 Å². The Morgan fingerprint density at radius 1 is 1.39 bits per heavy atom. The molecule has 2 aliphatic rings. The summed E-state index contributed by atoms with van der Waals surface area (Å²) in [6.07, 6.45) is 6.21. The maximum absolute atomic E-state index is 12.2. The van der Waals surface area contributed by atoms with Gasteiger partial charge in [-0.1, -0.05) is 6.42 Å². The molecule has 0 radical (unpaired) electrons. The van der Waals surface area contributed by atoms with Gasteiger partial charge in [0.25, 0.3) is 0 Å². The molecule has 18 heavy (non-hydrogen) atoms. The summed E-state index contributed by atoms with van der Waals surface area (Å²) in [6.45, 7) is 5.05. The molecule has 0 spiro atoms. The molecule has 0 bridgehead atoms. The van der Waals surface area contributed by atoms with Crippen LogP contribution in [0.4, 0.5) is 0 Å². The minimum atomic E-state index is -0.554. The number of carbonyl (C=O) groups is 1. The number of nitrogens with zero attached hydrogens (tertiary/aromatic N) is 1. The van der Waals surface area contributed by atoms with Crippen LogP contribution in [0.15, 0.2) is 0 Å². The van der Waals surface area contributed by atoms with E-state index in [1.165, 1.54) is 32.1 Å². The first kappa shape index (κ1) is 13.8. The Morgan fingerprint density at radius 3 is 2.50 bits per heavy atom. The van der Waals surface area contributed by atoms with Crippen LogP contribution in [0.5, 0.6) is 0 Å². The first-order valence-electron chi connectivity index (χ1n) is 7.20. The van der Waals surface area contributed by atoms with E-state index in [9.17, 15) is 4.79 Å². The molecule has 2 fully saturated rings. The van der Waals surface area contributed by atoms with Crippen molar-refractivity contribution in [3.05, 3.63) is 0 Å². The topological polar surface area (TPSA) is 41.6 Å². The Morgan fingerprint density at radius 2 is 2.06 bits per heavy atom. The molecule has 0 saturated heterocycles. The minimum absolute atomic E-state index is 0.108. The van der Waals surface area contributed by atoms with Gasteiger partial charge in [-0.15, -0.1) is 0 Å². The Bertz CT molecular complexity index is 300. The van der Waals surface area contributed by atoms with E-state index in [1.54, 1.807) is 0 Å². The minimum Gasteiger partial charge on any atom is -0.465 e. The lowest BCUT2D eigenvalue weighted by Crippen LogP contribution is -2.59. The van der Waals surface area contributed by atoms with Crippen molar-refractivity contribution in [2.45, 2.75) is 63.6 Å². The third kappa shape index (κ3) is 3.23. The average Bonchev–Trinajstić information content (AvgIpc) is 2.98. The van der Waals surface area contributed by atoms with Gasteiger partial charge in [0.2, 0.25) is 0 Å². The molecule has 0 heterocycles. The number of rotatable bonds is 7. The molecule has 1 atom stereocenters. The average molecular weight is 254 g/mol. The van der Waals surface area contributed by atoms with Gasteiger partial charge in [0.05, 0.1) is 6.61 Å². The fourth-order valence-corrected chi connectivity index (χ4v) is 2.59. The highest BCUT2D eigenvalue weighted by molar-refractivity contribution is 5.80. The number of ether oxygens (including phenoxy) is 1. The van der Waals surface area contributed by atoms with Gasteiger partial charge in [0, 0.05) is 18.6 Å². The van der Waals surface area contributed by atoms with Crippen molar-refractivity contribution in [2.24, 2.45) is 0 Å². The predicted octanol–water partition coefficient (Wildman–Crippen LogP) is 1.54. The zero-order chi connectivity index (χ0) is 13.2. The van der Waals surface area contributed by atoms with Gasteiger partial charge in [-0.2, -0.15) is 0 Å². The zero-order valence-corrected chi connectivity index (χ0v) is 11.9. The van der Waals surface area contributed by atoms with Crippen LogP contribution in [0, 0.1) is 0 Å². The van der Waals surface area contributed by atoms with Crippen molar-refractivity contribution >= 4 is 5.97 Å². The van der Waals surface area contributed by atoms with Gasteiger partial charge < -0.3 is 9.64 Å². The van der Waals surface area contributed by atoms with Gasteiger partial charge >= 0.3 is 5.97 Å². The van der Waals surface area contributed by atoms with Crippen LogP contribution in [0.2, 0.25) is 0 Å². The lowest BCUT2D eigenvalue weighted by atomic mass is 9.90. The van der Waals surface area contributed by atoms with Crippen LogP contribution in [-0.2, 0) is 9.53 Å². The fraction of sp³-hybridized carbons (Fsp3) is 0.929. The molecule has 0 aromatic heterocycles. The van der Waals surface area contributed by atoms with Crippen LogP contribution < -0.4 is 5.32 Å². The highest BCUT2D eigenvalue weighted by Gasteiger charge is 2.41. The van der Waals surface area contributed by atoms with Crippen molar-refractivity contribution in [3.63, 3.8) is 0 Å². The predicted molar refractivity (Wildman–Crippen MR) is 71.5 cm³/mol. The van der Waals surface area contributed by atoms with E-state index in [4.69, 9.17) is 4.74 Å². The highest BCUT2D eigenvalue weighted by Crippen LogP contribution is 2.27. The summed E-state index contributed by atoms with van der Waals surface area (Å²) in [4.78, 5) is 14.5. The maximum atomic E-state index is 12.2. The van der Waals surface area contributed by atoms with E-state index in [1.807, 2.05) is 13.8 Å². The summed E-state index contributed by atoms with van der Waals surface area (Å²) in [7, 11) is 2.12. The second kappa shape index (κ2) is 5.57. The van der Waals surface area contributed by atoms with Crippen LogP contribution in [0.1, 0.15) is 46.0 Å². The normalized spacial score (nSPS) is 23.6. The van der Waals surface area contributed by atoms with E-state index in [2.05, 4.69) is 17.3 Å². The maximum Gasteiger partial charge on any atom is 0.327 e. The molecule has 1 unspecified atom stereocenters. The van der Waals surface area contributed by atoms with Crippen molar-refractivity contribution in [1.29, 1.82) is 0 Å². The van der Waals surface area contributed by atoms with Crippen LogP contribution in [0.3, 0.4) is 0 Å². The summed E-state index contributed by atoms with van der Waals surface area (Å²) in [6, 6.07) is 1.16. The SMILES string of the molecule is CCOC(=O)C(C)(CN(C)C1CCC1)NC1CC1. The summed E-state index contributed by atoms with van der Waals surface area (Å²) >= 11 is 0. The van der Waals surface area contributed by atoms with Crippen LogP contribution >= 0.6 is 0 Å². The first-order chi connectivity index (χ1) is 8.55.